The molecule has 6 nitrogen and oxygen atoms in total. The minimum Gasteiger partial charge on any atom is -0.449 e. The minimum absolute atomic E-state index is 0.257. The van der Waals surface area contributed by atoms with Crippen molar-refractivity contribution < 1.29 is 25.9 Å². The Kier molecular flexibility index (Phi) is 2.68. The molecule has 0 aromatic heterocycles. The lowest BCUT2D eigenvalue weighted by Crippen LogP contribution is -2.23. The lowest BCUT2D eigenvalue weighted by atomic mass is 10.0. The van der Waals surface area contributed by atoms with Crippen molar-refractivity contribution in [1.82, 2.24) is 0 Å². The van der Waals surface area contributed by atoms with E-state index in [9.17, 15) is 9.59 Å². The number of nitrogens with two attached hydrogens (primary N) is 2. The zero-order chi connectivity index (χ0) is 17.2. The molecule has 0 aliphatic rings. The van der Waals surface area contributed by atoms with E-state index in [0.717, 1.165) is 0 Å². The first-order valence-corrected chi connectivity index (χ1v) is 4.46. The van der Waals surface area contributed by atoms with Gasteiger partial charge in [0.1, 0.15) is 13.1 Å². The third kappa shape index (κ3) is 4.87. The minimum atomic E-state index is -3.26. The van der Waals surface area contributed by atoms with Crippen molar-refractivity contribution in [2.75, 3.05) is 13.1 Å². The number of amides is 2. The van der Waals surface area contributed by atoms with Gasteiger partial charge in [-0.15, -0.1) is 0 Å². The quantitative estimate of drug-likeness (QED) is 0.803. The average Bonchev–Trinajstić information content (AvgIpc) is 2.35. The number of hydrogen-bond acceptors (Lipinski definition) is 4. The van der Waals surface area contributed by atoms with Gasteiger partial charge in [-0.1, -0.05) is 30.3 Å². The Morgan fingerprint density at radius 3 is 2.06 bits per heavy atom. The molecule has 0 radical (unpaired) electrons. The number of hydrogen-bond donors (Lipinski definition) is 2. The summed E-state index contributed by atoms with van der Waals surface area (Å²) in [5.41, 5.74) is 9.26. The van der Waals surface area contributed by atoms with E-state index in [-0.39, 0.29) is 5.56 Å². The first-order valence-electron chi connectivity index (χ1n) is 6.96. The molecule has 0 bridgehead atoms. The van der Waals surface area contributed by atoms with Crippen molar-refractivity contribution in [3.63, 3.8) is 0 Å². The molecule has 92 valence electrons. The van der Waals surface area contributed by atoms with Gasteiger partial charge < -0.3 is 20.9 Å². The zero-order valence-corrected chi connectivity index (χ0v) is 8.67. The van der Waals surface area contributed by atoms with Gasteiger partial charge in [-0.25, -0.2) is 9.59 Å². The second-order valence-corrected chi connectivity index (χ2v) is 2.79. The third-order valence-corrected chi connectivity index (χ3v) is 1.57. The van der Waals surface area contributed by atoms with Crippen LogP contribution in [0.15, 0.2) is 30.3 Å². The van der Waals surface area contributed by atoms with Crippen LogP contribution in [0.2, 0.25) is 0 Å². The number of ether oxygens (including phenoxy) is 2. The van der Waals surface area contributed by atoms with E-state index < -0.39 is 31.2 Å². The van der Waals surface area contributed by atoms with Crippen molar-refractivity contribution in [3.8, 4) is 0 Å². The summed E-state index contributed by atoms with van der Waals surface area (Å²) in [6, 6.07) is 6.76. The number of primary amides is 2. The van der Waals surface area contributed by atoms with Crippen molar-refractivity contribution >= 4 is 12.2 Å². The molecule has 0 heterocycles. The van der Waals surface area contributed by atoms with Crippen LogP contribution in [0.5, 0.6) is 0 Å². The summed E-state index contributed by atoms with van der Waals surface area (Å²) in [6.45, 7) is -6.53. The molecule has 0 aliphatic heterocycles. The van der Waals surface area contributed by atoms with E-state index in [1.54, 1.807) is 6.07 Å². The second kappa shape index (κ2) is 6.37. The Hall–Kier alpha value is -2.24. The molecule has 4 N–H and O–H groups in total. The highest BCUT2D eigenvalue weighted by molar-refractivity contribution is 5.65. The lowest BCUT2D eigenvalue weighted by Gasteiger charge is -2.16. The maximum Gasteiger partial charge on any atom is 0.404 e. The van der Waals surface area contributed by atoms with Crippen molar-refractivity contribution in [1.29, 1.82) is 0 Å². The largest absolute Gasteiger partial charge is 0.449 e. The standard InChI is InChI=1S/C11H14N2O4/c12-10(14)16-6-9(7-17-11(13)15)8-4-2-1-3-5-8/h1-5,9H,6-7H2,(H2,12,14)(H2,13,15)/i6D2,7D2,9D. The topological polar surface area (TPSA) is 105 Å². The maximum absolute atomic E-state index is 10.9. The van der Waals surface area contributed by atoms with Crippen LogP contribution in [-0.2, 0) is 9.47 Å². The van der Waals surface area contributed by atoms with Gasteiger partial charge in [0.2, 0.25) is 0 Å². The molecule has 0 saturated carbocycles. The van der Waals surface area contributed by atoms with Crippen LogP contribution in [0, 0.1) is 0 Å². The summed E-state index contributed by atoms with van der Waals surface area (Å²) in [7, 11) is 0. The van der Waals surface area contributed by atoms with Gasteiger partial charge in [-0.2, -0.15) is 0 Å². The molecule has 0 atom stereocenters. The Labute approximate surface area is 106 Å². The van der Waals surface area contributed by atoms with Gasteiger partial charge in [-0.3, -0.25) is 0 Å². The molecule has 1 rings (SSSR count). The monoisotopic (exact) mass is 243 g/mol. The summed E-state index contributed by atoms with van der Waals surface area (Å²) in [5.74, 6) is -2.98. The zero-order valence-electron chi connectivity index (χ0n) is 13.7. The third-order valence-electron chi connectivity index (χ3n) is 1.57. The fourth-order valence-electron chi connectivity index (χ4n) is 0.946. The Morgan fingerprint density at radius 2 is 1.65 bits per heavy atom. The van der Waals surface area contributed by atoms with E-state index in [1.807, 2.05) is 0 Å². The second-order valence-electron chi connectivity index (χ2n) is 2.79. The number of benzene rings is 1. The van der Waals surface area contributed by atoms with Crippen molar-refractivity contribution in [2.24, 2.45) is 11.5 Å². The fraction of sp³-hybridized carbons (Fsp3) is 0.273. The van der Waals surface area contributed by atoms with Crippen LogP contribution >= 0.6 is 0 Å². The molecule has 1 aromatic rings. The van der Waals surface area contributed by atoms with Gasteiger partial charge in [0.25, 0.3) is 0 Å². The average molecular weight is 243 g/mol. The van der Waals surface area contributed by atoms with Crippen LogP contribution in [0.25, 0.3) is 0 Å². The van der Waals surface area contributed by atoms with Crippen molar-refractivity contribution in [3.05, 3.63) is 35.9 Å². The molecule has 0 fully saturated rings. The van der Waals surface area contributed by atoms with Crippen LogP contribution in [0.1, 0.15) is 18.3 Å². The molecule has 0 aliphatic carbocycles. The molecular weight excluding hydrogens is 224 g/mol. The van der Waals surface area contributed by atoms with E-state index in [4.69, 9.17) is 18.3 Å². The lowest BCUT2D eigenvalue weighted by molar-refractivity contribution is 0.116. The fourth-order valence-corrected chi connectivity index (χ4v) is 0.946. The van der Waals surface area contributed by atoms with Gasteiger partial charge in [0.15, 0.2) is 0 Å². The summed E-state index contributed by atoms with van der Waals surface area (Å²) in [6.07, 6.45) is -3.13. The highest BCUT2D eigenvalue weighted by Crippen LogP contribution is 2.16. The van der Waals surface area contributed by atoms with E-state index in [1.165, 1.54) is 24.3 Å². The molecule has 17 heavy (non-hydrogen) atoms. The van der Waals surface area contributed by atoms with Crippen LogP contribution < -0.4 is 11.5 Å². The van der Waals surface area contributed by atoms with E-state index >= 15 is 0 Å². The summed E-state index contributed by atoms with van der Waals surface area (Å²) < 4.78 is 47.6. The Balaban J connectivity index is 3.51. The van der Waals surface area contributed by atoms with E-state index in [0.29, 0.717) is 0 Å². The van der Waals surface area contributed by atoms with Gasteiger partial charge in [0, 0.05) is 1.37 Å². The number of carbonyl (C=O) groups excluding carboxylic acids is 2. The summed E-state index contributed by atoms with van der Waals surface area (Å²) in [4.78, 5) is 21.7. The maximum atomic E-state index is 10.9. The number of carbonyl (C=O) groups is 2. The SMILES string of the molecule is [2H]C([2H])(OC(N)=O)C([2H])(c1ccccc1)C([2H])([2H])OC(N)=O. The highest BCUT2D eigenvalue weighted by Gasteiger charge is 2.15. The van der Waals surface area contributed by atoms with E-state index in [2.05, 4.69) is 9.47 Å². The normalized spacial score (nSPS) is 16.6. The van der Waals surface area contributed by atoms with Crippen LogP contribution in [-0.4, -0.2) is 25.3 Å². The summed E-state index contributed by atoms with van der Waals surface area (Å²) >= 11 is 0. The molecule has 0 unspecified atom stereocenters. The van der Waals surface area contributed by atoms with Crippen LogP contribution in [0.3, 0.4) is 0 Å². The summed E-state index contributed by atoms with van der Waals surface area (Å²) in [5, 5.41) is 0. The van der Waals surface area contributed by atoms with Gasteiger partial charge in [0.05, 0.1) is 11.4 Å². The highest BCUT2D eigenvalue weighted by atomic mass is 16.6. The Morgan fingerprint density at radius 1 is 1.18 bits per heavy atom. The predicted molar refractivity (Wildman–Crippen MR) is 60.3 cm³/mol. The molecule has 6 heteroatoms. The molecular formula is C11H14N2O4. The van der Waals surface area contributed by atoms with Crippen LogP contribution in [0.4, 0.5) is 9.59 Å². The Bertz CT molecular complexity index is 539. The number of rotatable bonds is 5. The molecule has 0 spiro atoms. The smallest absolute Gasteiger partial charge is 0.404 e. The van der Waals surface area contributed by atoms with Gasteiger partial charge >= 0.3 is 12.2 Å². The van der Waals surface area contributed by atoms with Gasteiger partial charge in [-0.05, 0) is 5.56 Å². The molecule has 1 aromatic carbocycles. The van der Waals surface area contributed by atoms with Crippen molar-refractivity contribution in [2.45, 2.75) is 5.89 Å². The first kappa shape index (κ1) is 7.16. The predicted octanol–water partition coefficient (Wildman–Crippen LogP) is 0.961. The first-order chi connectivity index (χ1) is 9.94. The molecule has 2 amide bonds. The molecule has 0 saturated heterocycles.